The number of benzene rings is 2. The Morgan fingerprint density at radius 1 is 1.17 bits per heavy atom. The Morgan fingerprint density at radius 3 is 2.70 bits per heavy atom. The lowest BCUT2D eigenvalue weighted by atomic mass is 10.2. The highest BCUT2D eigenvalue weighted by atomic mass is 19.1. The standard InChI is InChI=1S/C15H10FN5O2/c16-9-2-4-10(5-3-9)17-14-19-15-18-11-7-8(13(22)23)1-6-12(11)21(15)20-14/h1-7H,(H,22,23)(H2,17,18,19,20). The van der Waals surface area contributed by atoms with Crippen molar-refractivity contribution in [3.05, 3.63) is 53.8 Å². The van der Waals surface area contributed by atoms with Gasteiger partial charge in [-0.3, -0.25) is 5.10 Å². The summed E-state index contributed by atoms with van der Waals surface area (Å²) in [7, 11) is 0. The minimum Gasteiger partial charge on any atom is -0.478 e. The molecule has 0 saturated heterocycles. The lowest BCUT2D eigenvalue weighted by Crippen LogP contribution is -1.96. The lowest BCUT2D eigenvalue weighted by molar-refractivity contribution is 0.0697. The summed E-state index contributed by atoms with van der Waals surface area (Å²) in [5.74, 6) is -0.462. The molecule has 114 valence electrons. The van der Waals surface area contributed by atoms with Crippen LogP contribution in [0.15, 0.2) is 42.5 Å². The molecule has 0 spiro atoms. The molecule has 0 saturated carbocycles. The van der Waals surface area contributed by atoms with Gasteiger partial charge in [-0.1, -0.05) is 0 Å². The van der Waals surface area contributed by atoms with Gasteiger partial charge in [-0.05, 0) is 42.5 Å². The van der Waals surface area contributed by atoms with Crippen molar-refractivity contribution in [2.75, 3.05) is 5.32 Å². The SMILES string of the molecule is O=C(O)c1ccc2c(c1)nc1nc(Nc3ccc(F)cc3)[nH]n12. The van der Waals surface area contributed by atoms with E-state index in [4.69, 9.17) is 5.11 Å². The molecular formula is C15H10FN5O2. The average Bonchev–Trinajstić information content (AvgIpc) is 3.05. The topological polar surface area (TPSA) is 95.3 Å². The first-order chi connectivity index (χ1) is 11.1. The fraction of sp³-hybridized carbons (Fsp3) is 0. The van der Waals surface area contributed by atoms with E-state index in [1.165, 1.54) is 24.3 Å². The Kier molecular flexibility index (Phi) is 2.77. The van der Waals surface area contributed by atoms with E-state index in [9.17, 15) is 9.18 Å². The zero-order chi connectivity index (χ0) is 16.0. The number of aromatic amines is 1. The molecule has 0 bridgehead atoms. The van der Waals surface area contributed by atoms with Crippen LogP contribution in [0.3, 0.4) is 0 Å². The molecule has 2 aromatic heterocycles. The summed E-state index contributed by atoms with van der Waals surface area (Å²) in [5, 5.41) is 15.0. The summed E-state index contributed by atoms with van der Waals surface area (Å²) < 4.78 is 14.5. The van der Waals surface area contributed by atoms with Gasteiger partial charge in [-0.15, -0.1) is 0 Å². The highest BCUT2D eigenvalue weighted by Crippen LogP contribution is 2.20. The van der Waals surface area contributed by atoms with E-state index >= 15 is 0 Å². The number of hydrogen-bond acceptors (Lipinski definition) is 4. The number of aromatic nitrogens is 4. The van der Waals surface area contributed by atoms with Crippen molar-refractivity contribution in [3.8, 4) is 0 Å². The molecule has 8 heteroatoms. The minimum atomic E-state index is -1.00. The Labute approximate surface area is 128 Å². The van der Waals surface area contributed by atoms with Crippen LogP contribution in [0.25, 0.3) is 16.8 Å². The van der Waals surface area contributed by atoms with Gasteiger partial charge in [0.15, 0.2) is 0 Å². The fourth-order valence-electron chi connectivity index (χ4n) is 2.34. The van der Waals surface area contributed by atoms with Crippen molar-refractivity contribution < 1.29 is 14.3 Å². The number of carbonyl (C=O) groups is 1. The average molecular weight is 311 g/mol. The molecule has 2 aromatic carbocycles. The number of nitrogens with zero attached hydrogens (tertiary/aromatic N) is 3. The van der Waals surface area contributed by atoms with E-state index < -0.39 is 5.97 Å². The second-order valence-corrected chi connectivity index (χ2v) is 4.96. The quantitative estimate of drug-likeness (QED) is 0.541. The molecule has 0 aliphatic heterocycles. The maximum absolute atomic E-state index is 12.9. The third kappa shape index (κ3) is 2.26. The summed E-state index contributed by atoms with van der Waals surface area (Å²) in [4.78, 5) is 19.6. The molecule has 0 amide bonds. The molecule has 3 N–H and O–H groups in total. The minimum absolute atomic E-state index is 0.169. The number of anilines is 2. The number of carboxylic acid groups (broad SMARTS) is 1. The van der Waals surface area contributed by atoms with Gasteiger partial charge in [0.05, 0.1) is 16.6 Å². The maximum atomic E-state index is 12.9. The molecule has 0 fully saturated rings. The Morgan fingerprint density at radius 2 is 1.96 bits per heavy atom. The van der Waals surface area contributed by atoms with Gasteiger partial charge >= 0.3 is 5.97 Å². The molecule has 0 aliphatic rings. The number of rotatable bonds is 3. The summed E-state index contributed by atoms with van der Waals surface area (Å²) in [5.41, 5.74) is 2.10. The van der Waals surface area contributed by atoms with Crippen molar-refractivity contribution in [2.45, 2.75) is 0 Å². The van der Waals surface area contributed by atoms with Gasteiger partial charge in [-0.2, -0.15) is 4.98 Å². The molecule has 0 unspecified atom stereocenters. The normalized spacial score (nSPS) is 11.2. The van der Waals surface area contributed by atoms with Gasteiger partial charge in [0, 0.05) is 5.69 Å². The first kappa shape index (κ1) is 13.3. The van der Waals surface area contributed by atoms with E-state index in [0.717, 1.165) is 0 Å². The lowest BCUT2D eigenvalue weighted by Gasteiger charge is -2.01. The van der Waals surface area contributed by atoms with Crippen LogP contribution in [0, 0.1) is 5.82 Å². The highest BCUT2D eigenvalue weighted by Gasteiger charge is 2.12. The number of fused-ring (bicyclic) bond motifs is 3. The molecule has 7 nitrogen and oxygen atoms in total. The Bertz CT molecular complexity index is 1040. The van der Waals surface area contributed by atoms with Crippen LogP contribution in [0.1, 0.15) is 10.4 Å². The second kappa shape index (κ2) is 4.80. The third-order valence-corrected chi connectivity index (χ3v) is 3.42. The highest BCUT2D eigenvalue weighted by molar-refractivity contribution is 5.93. The first-order valence-electron chi connectivity index (χ1n) is 6.74. The first-order valence-corrected chi connectivity index (χ1v) is 6.74. The molecule has 0 atom stereocenters. The number of imidazole rings is 1. The molecule has 0 radical (unpaired) electrons. The predicted molar refractivity (Wildman–Crippen MR) is 81.5 cm³/mol. The predicted octanol–water partition coefficient (Wildman–Crippen LogP) is 2.79. The number of aromatic carboxylic acids is 1. The number of halogens is 1. The Hall–Kier alpha value is -3.42. The molecule has 0 aliphatic carbocycles. The summed E-state index contributed by atoms with van der Waals surface area (Å²) in [6, 6.07) is 10.5. The van der Waals surface area contributed by atoms with Crippen molar-refractivity contribution in [1.29, 1.82) is 0 Å². The summed E-state index contributed by atoms with van der Waals surface area (Å²) in [6.07, 6.45) is 0. The number of hydrogen-bond donors (Lipinski definition) is 3. The number of nitrogens with one attached hydrogen (secondary N) is 2. The van der Waals surface area contributed by atoms with Crippen molar-refractivity contribution in [3.63, 3.8) is 0 Å². The van der Waals surface area contributed by atoms with E-state index in [2.05, 4.69) is 20.4 Å². The van der Waals surface area contributed by atoms with Gasteiger partial charge in [-0.25, -0.2) is 18.7 Å². The van der Waals surface area contributed by atoms with Crippen molar-refractivity contribution in [1.82, 2.24) is 19.6 Å². The van der Waals surface area contributed by atoms with Crippen molar-refractivity contribution in [2.24, 2.45) is 0 Å². The smallest absolute Gasteiger partial charge is 0.335 e. The second-order valence-electron chi connectivity index (χ2n) is 4.96. The van der Waals surface area contributed by atoms with Crippen LogP contribution < -0.4 is 5.32 Å². The fourth-order valence-corrected chi connectivity index (χ4v) is 2.34. The number of H-pyrrole nitrogens is 1. The van der Waals surface area contributed by atoms with E-state index in [1.807, 2.05) is 0 Å². The third-order valence-electron chi connectivity index (χ3n) is 3.42. The van der Waals surface area contributed by atoms with Gasteiger partial charge < -0.3 is 10.4 Å². The summed E-state index contributed by atoms with van der Waals surface area (Å²) >= 11 is 0. The number of carboxylic acids is 1. The largest absolute Gasteiger partial charge is 0.478 e. The Balaban J connectivity index is 1.73. The zero-order valence-electron chi connectivity index (χ0n) is 11.6. The van der Waals surface area contributed by atoms with Gasteiger partial charge in [0.25, 0.3) is 5.78 Å². The van der Waals surface area contributed by atoms with E-state index in [0.29, 0.717) is 28.4 Å². The van der Waals surface area contributed by atoms with E-state index in [1.54, 1.807) is 22.7 Å². The summed E-state index contributed by atoms with van der Waals surface area (Å²) in [6.45, 7) is 0. The molecule has 2 heterocycles. The van der Waals surface area contributed by atoms with Crippen LogP contribution in [-0.4, -0.2) is 30.7 Å². The molecule has 4 rings (SSSR count). The van der Waals surface area contributed by atoms with Crippen LogP contribution >= 0.6 is 0 Å². The van der Waals surface area contributed by atoms with Crippen molar-refractivity contribution >= 4 is 34.4 Å². The monoisotopic (exact) mass is 311 g/mol. The van der Waals surface area contributed by atoms with Crippen LogP contribution in [0.2, 0.25) is 0 Å². The van der Waals surface area contributed by atoms with E-state index in [-0.39, 0.29) is 11.4 Å². The molecule has 23 heavy (non-hydrogen) atoms. The molecular weight excluding hydrogens is 301 g/mol. The maximum Gasteiger partial charge on any atom is 0.335 e. The van der Waals surface area contributed by atoms with Crippen LogP contribution in [-0.2, 0) is 0 Å². The zero-order valence-corrected chi connectivity index (χ0v) is 11.6. The van der Waals surface area contributed by atoms with Crippen LogP contribution in [0.5, 0.6) is 0 Å². The van der Waals surface area contributed by atoms with Gasteiger partial charge in [0.2, 0.25) is 5.95 Å². The van der Waals surface area contributed by atoms with Gasteiger partial charge in [0.1, 0.15) is 5.82 Å². The molecule has 4 aromatic rings. The van der Waals surface area contributed by atoms with Crippen LogP contribution in [0.4, 0.5) is 16.0 Å².